The van der Waals surface area contributed by atoms with Crippen molar-refractivity contribution in [1.29, 1.82) is 0 Å². The molecular weight excluding hydrogens is 436 g/mol. The second kappa shape index (κ2) is 9.74. The second-order valence-corrected chi connectivity index (χ2v) is 8.31. The lowest BCUT2D eigenvalue weighted by atomic mass is 10.1. The minimum Gasteiger partial charge on any atom is -0.309 e. The fraction of sp³-hybridized carbons (Fsp3) is 0.280. The second-order valence-electron chi connectivity index (χ2n) is 8.31. The SMILES string of the molecule is CCN1CCN(Cc2ccc(Nc3ncc(F)c(-c4cc5cccnc5cc4F)n3)nc2)CC1. The predicted molar refractivity (Wildman–Crippen MR) is 128 cm³/mol. The molecule has 1 fully saturated rings. The van der Waals surface area contributed by atoms with Crippen LogP contribution >= 0.6 is 0 Å². The third kappa shape index (κ3) is 4.85. The van der Waals surface area contributed by atoms with E-state index >= 15 is 0 Å². The van der Waals surface area contributed by atoms with Gasteiger partial charge in [-0.2, -0.15) is 0 Å². The molecule has 5 rings (SSSR count). The van der Waals surface area contributed by atoms with Crippen molar-refractivity contribution in [1.82, 2.24) is 29.7 Å². The van der Waals surface area contributed by atoms with E-state index in [9.17, 15) is 8.78 Å². The fourth-order valence-electron chi connectivity index (χ4n) is 4.12. The molecule has 0 radical (unpaired) electrons. The number of hydrogen-bond donors (Lipinski definition) is 1. The van der Waals surface area contributed by atoms with Crippen molar-refractivity contribution in [2.24, 2.45) is 0 Å². The van der Waals surface area contributed by atoms with Gasteiger partial charge < -0.3 is 10.2 Å². The van der Waals surface area contributed by atoms with Crippen LogP contribution < -0.4 is 5.32 Å². The average Bonchev–Trinajstić information content (AvgIpc) is 2.86. The Balaban J connectivity index is 1.31. The molecule has 9 heteroatoms. The number of rotatable bonds is 6. The summed E-state index contributed by atoms with van der Waals surface area (Å²) >= 11 is 0. The Hall–Kier alpha value is -3.56. The molecule has 0 aliphatic carbocycles. The summed E-state index contributed by atoms with van der Waals surface area (Å²) in [5.74, 6) is -0.644. The smallest absolute Gasteiger partial charge is 0.229 e. The van der Waals surface area contributed by atoms with E-state index < -0.39 is 11.6 Å². The van der Waals surface area contributed by atoms with Crippen molar-refractivity contribution in [2.75, 3.05) is 38.0 Å². The van der Waals surface area contributed by atoms with Crippen LogP contribution in [0.3, 0.4) is 0 Å². The largest absolute Gasteiger partial charge is 0.309 e. The van der Waals surface area contributed by atoms with Crippen molar-refractivity contribution in [2.45, 2.75) is 13.5 Å². The van der Waals surface area contributed by atoms with Crippen LogP contribution in [0, 0.1) is 11.6 Å². The van der Waals surface area contributed by atoms with Crippen LogP contribution in [0.2, 0.25) is 0 Å². The number of nitrogens with one attached hydrogen (secondary N) is 1. The van der Waals surface area contributed by atoms with E-state index in [1.807, 2.05) is 18.3 Å². The summed E-state index contributed by atoms with van der Waals surface area (Å²) in [6.45, 7) is 8.38. The van der Waals surface area contributed by atoms with Gasteiger partial charge in [0.05, 0.1) is 11.7 Å². The van der Waals surface area contributed by atoms with E-state index in [1.54, 1.807) is 24.4 Å². The molecule has 0 unspecified atom stereocenters. The number of aromatic nitrogens is 4. The zero-order valence-corrected chi connectivity index (χ0v) is 18.9. The number of likely N-dealkylation sites (N-methyl/N-ethyl adjacent to an activating group) is 1. The molecule has 4 aromatic rings. The Kier molecular flexibility index (Phi) is 6.37. The lowest BCUT2D eigenvalue weighted by Gasteiger charge is -2.33. The topological polar surface area (TPSA) is 70.1 Å². The molecule has 1 N–H and O–H groups in total. The Morgan fingerprint density at radius 2 is 1.74 bits per heavy atom. The van der Waals surface area contributed by atoms with Gasteiger partial charge in [-0.3, -0.25) is 9.88 Å². The van der Waals surface area contributed by atoms with Crippen molar-refractivity contribution in [3.63, 3.8) is 0 Å². The van der Waals surface area contributed by atoms with E-state index in [0.29, 0.717) is 16.7 Å². The minimum absolute atomic E-state index is 0.0509. The molecule has 0 spiro atoms. The number of pyridine rings is 2. The third-order valence-electron chi connectivity index (χ3n) is 6.07. The van der Waals surface area contributed by atoms with Gasteiger partial charge in [0.25, 0.3) is 0 Å². The standard InChI is InChI=1S/C25H25F2N7/c1-2-33-8-10-34(11-9-33)16-17-5-6-23(29-14-17)31-25-30-15-21(27)24(32-25)19-12-18-4-3-7-28-22(18)13-20(19)26/h3-7,12-15H,2,8-11,16H2,1H3,(H,29,30,31,32). The van der Waals surface area contributed by atoms with Gasteiger partial charge in [-0.15, -0.1) is 0 Å². The maximum absolute atomic E-state index is 14.7. The third-order valence-corrected chi connectivity index (χ3v) is 6.07. The first-order chi connectivity index (χ1) is 16.6. The summed E-state index contributed by atoms with van der Waals surface area (Å²) in [6.07, 6.45) is 4.43. The Morgan fingerprint density at radius 3 is 2.50 bits per heavy atom. The van der Waals surface area contributed by atoms with Gasteiger partial charge in [0.1, 0.15) is 17.3 Å². The van der Waals surface area contributed by atoms with Crippen molar-refractivity contribution in [3.05, 3.63) is 72.2 Å². The van der Waals surface area contributed by atoms with E-state index in [0.717, 1.165) is 51.0 Å². The maximum atomic E-state index is 14.7. The van der Waals surface area contributed by atoms with E-state index in [-0.39, 0.29) is 17.2 Å². The average molecular weight is 462 g/mol. The quantitative estimate of drug-likeness (QED) is 0.460. The van der Waals surface area contributed by atoms with Crippen LogP contribution in [-0.2, 0) is 6.54 Å². The van der Waals surface area contributed by atoms with E-state index in [4.69, 9.17) is 0 Å². The molecule has 34 heavy (non-hydrogen) atoms. The van der Waals surface area contributed by atoms with Crippen LogP contribution in [0.25, 0.3) is 22.2 Å². The first kappa shape index (κ1) is 22.2. The molecule has 1 saturated heterocycles. The molecule has 174 valence electrons. The summed E-state index contributed by atoms with van der Waals surface area (Å²) in [7, 11) is 0. The van der Waals surface area contributed by atoms with E-state index in [2.05, 4.69) is 42.0 Å². The molecule has 4 heterocycles. The number of benzene rings is 1. The van der Waals surface area contributed by atoms with Gasteiger partial charge in [0.2, 0.25) is 5.95 Å². The summed E-state index contributed by atoms with van der Waals surface area (Å²) in [6, 6.07) is 10.2. The molecule has 7 nitrogen and oxygen atoms in total. The number of halogens is 2. The van der Waals surface area contributed by atoms with E-state index in [1.165, 1.54) is 6.07 Å². The normalized spacial score (nSPS) is 15.0. The molecule has 0 amide bonds. The number of fused-ring (bicyclic) bond motifs is 1. The fourth-order valence-corrected chi connectivity index (χ4v) is 4.12. The number of anilines is 2. The van der Waals surface area contributed by atoms with Crippen LogP contribution in [0.4, 0.5) is 20.5 Å². The van der Waals surface area contributed by atoms with Crippen molar-refractivity contribution < 1.29 is 8.78 Å². The molecule has 0 saturated carbocycles. The van der Waals surface area contributed by atoms with Crippen LogP contribution in [0.1, 0.15) is 12.5 Å². The number of nitrogens with zero attached hydrogens (tertiary/aromatic N) is 6. The number of hydrogen-bond acceptors (Lipinski definition) is 7. The van der Waals surface area contributed by atoms with Crippen molar-refractivity contribution >= 4 is 22.7 Å². The molecular formula is C25H25F2N7. The Bertz CT molecular complexity index is 1290. The Morgan fingerprint density at radius 1 is 0.912 bits per heavy atom. The predicted octanol–water partition coefficient (Wildman–Crippen LogP) is 4.25. The number of piperazine rings is 1. The van der Waals surface area contributed by atoms with Gasteiger partial charge >= 0.3 is 0 Å². The highest BCUT2D eigenvalue weighted by atomic mass is 19.1. The highest BCUT2D eigenvalue weighted by molar-refractivity contribution is 5.84. The van der Waals surface area contributed by atoms with Crippen molar-refractivity contribution in [3.8, 4) is 11.3 Å². The van der Waals surface area contributed by atoms with Gasteiger partial charge in [0.15, 0.2) is 5.82 Å². The summed E-state index contributed by atoms with van der Waals surface area (Å²) in [5.41, 5.74) is 1.54. The Labute approximate surface area is 196 Å². The molecule has 1 aliphatic rings. The molecule has 0 bridgehead atoms. The summed E-state index contributed by atoms with van der Waals surface area (Å²) in [5, 5.41) is 3.68. The molecule has 1 aliphatic heterocycles. The summed E-state index contributed by atoms with van der Waals surface area (Å²) < 4.78 is 29.3. The highest BCUT2D eigenvalue weighted by Crippen LogP contribution is 2.28. The zero-order chi connectivity index (χ0) is 23.5. The van der Waals surface area contributed by atoms with Gasteiger partial charge in [0, 0.05) is 62.1 Å². The zero-order valence-electron chi connectivity index (χ0n) is 18.9. The maximum Gasteiger partial charge on any atom is 0.229 e. The van der Waals surface area contributed by atoms with Crippen LogP contribution in [0.15, 0.2) is 55.0 Å². The lowest BCUT2D eigenvalue weighted by Crippen LogP contribution is -2.45. The minimum atomic E-state index is -0.709. The molecule has 0 atom stereocenters. The molecule has 1 aromatic carbocycles. The van der Waals surface area contributed by atoms with Gasteiger partial charge in [-0.05, 0) is 30.3 Å². The lowest BCUT2D eigenvalue weighted by molar-refractivity contribution is 0.132. The van der Waals surface area contributed by atoms with Gasteiger partial charge in [-0.1, -0.05) is 19.1 Å². The molecule has 3 aromatic heterocycles. The highest BCUT2D eigenvalue weighted by Gasteiger charge is 2.17. The van der Waals surface area contributed by atoms with Crippen LogP contribution in [-0.4, -0.2) is 62.5 Å². The first-order valence-electron chi connectivity index (χ1n) is 11.3. The van der Waals surface area contributed by atoms with Gasteiger partial charge in [-0.25, -0.2) is 23.7 Å². The monoisotopic (exact) mass is 461 g/mol. The van der Waals surface area contributed by atoms with Crippen LogP contribution in [0.5, 0.6) is 0 Å². The first-order valence-corrected chi connectivity index (χ1v) is 11.3. The summed E-state index contributed by atoms with van der Waals surface area (Å²) in [4.78, 5) is 21.7.